The number of amides is 1. The lowest BCUT2D eigenvalue weighted by Gasteiger charge is -2.45. The van der Waals surface area contributed by atoms with Gasteiger partial charge in [-0.05, 0) is 57.4 Å². The van der Waals surface area contributed by atoms with Gasteiger partial charge in [-0.3, -0.25) is 4.79 Å². The standard InChI is InChI=1S/C16H26N2O/c19-15(18-13-5-3-6-14(18)8-7-13)16-9-2-1-4-12(16)10-17-11-16/h12-14,17H,1-11H2/t12-,13?,14?,16+/m0/s1. The van der Waals surface area contributed by atoms with Crippen molar-refractivity contribution in [3.8, 4) is 0 Å². The molecule has 1 saturated carbocycles. The molecule has 106 valence electrons. The van der Waals surface area contributed by atoms with Gasteiger partial charge in [-0.1, -0.05) is 12.8 Å². The van der Waals surface area contributed by atoms with Crippen molar-refractivity contribution in [3.63, 3.8) is 0 Å². The Morgan fingerprint density at radius 3 is 2.58 bits per heavy atom. The summed E-state index contributed by atoms with van der Waals surface area (Å²) in [6.45, 7) is 2.03. The van der Waals surface area contributed by atoms with Gasteiger partial charge in [0.25, 0.3) is 0 Å². The molecule has 0 aromatic rings. The van der Waals surface area contributed by atoms with Crippen molar-refractivity contribution in [2.45, 2.75) is 69.9 Å². The van der Waals surface area contributed by atoms with Crippen LogP contribution in [0.3, 0.4) is 0 Å². The summed E-state index contributed by atoms with van der Waals surface area (Å²) in [6, 6.07) is 1.17. The van der Waals surface area contributed by atoms with Crippen LogP contribution in [0.1, 0.15) is 57.8 Å². The normalized spacial score (nSPS) is 45.3. The Morgan fingerprint density at radius 1 is 1.00 bits per heavy atom. The number of rotatable bonds is 1. The molecule has 4 fully saturated rings. The van der Waals surface area contributed by atoms with Gasteiger partial charge in [0.05, 0.1) is 5.41 Å². The van der Waals surface area contributed by atoms with Crippen LogP contribution in [0.4, 0.5) is 0 Å². The van der Waals surface area contributed by atoms with E-state index in [9.17, 15) is 4.79 Å². The second kappa shape index (κ2) is 4.47. The fourth-order valence-corrected chi connectivity index (χ4v) is 5.37. The van der Waals surface area contributed by atoms with Crippen LogP contribution in [0.25, 0.3) is 0 Å². The number of piperidine rings is 1. The summed E-state index contributed by atoms with van der Waals surface area (Å²) in [6.07, 6.45) is 11.4. The summed E-state index contributed by atoms with van der Waals surface area (Å²) in [7, 11) is 0. The monoisotopic (exact) mass is 262 g/mol. The lowest BCUT2D eigenvalue weighted by atomic mass is 9.67. The highest BCUT2D eigenvalue weighted by Crippen LogP contribution is 2.48. The largest absolute Gasteiger partial charge is 0.336 e. The first-order chi connectivity index (χ1) is 9.31. The molecule has 1 aliphatic carbocycles. The number of hydrogen-bond donors (Lipinski definition) is 1. The predicted molar refractivity (Wildman–Crippen MR) is 74.8 cm³/mol. The average Bonchev–Trinajstić information content (AvgIpc) is 2.98. The maximum Gasteiger partial charge on any atom is 0.230 e. The maximum atomic E-state index is 13.3. The number of nitrogens with zero attached hydrogens (tertiary/aromatic N) is 1. The molecule has 1 N–H and O–H groups in total. The molecule has 1 amide bonds. The van der Waals surface area contributed by atoms with E-state index >= 15 is 0 Å². The van der Waals surface area contributed by atoms with E-state index in [0.29, 0.717) is 23.9 Å². The first-order valence-corrected chi connectivity index (χ1v) is 8.35. The van der Waals surface area contributed by atoms with Gasteiger partial charge in [-0.25, -0.2) is 0 Å². The minimum atomic E-state index is -0.0174. The number of nitrogens with one attached hydrogen (secondary N) is 1. The third-order valence-electron chi connectivity index (χ3n) is 6.39. The molecule has 4 rings (SSSR count). The zero-order valence-corrected chi connectivity index (χ0v) is 11.9. The van der Waals surface area contributed by atoms with Crippen LogP contribution >= 0.6 is 0 Å². The molecule has 4 aliphatic rings. The number of carbonyl (C=O) groups excluding carboxylic acids is 1. The van der Waals surface area contributed by atoms with E-state index in [4.69, 9.17) is 0 Å². The van der Waals surface area contributed by atoms with Gasteiger partial charge in [0, 0.05) is 18.6 Å². The zero-order chi connectivity index (χ0) is 12.9. The van der Waals surface area contributed by atoms with Crippen molar-refractivity contribution in [1.82, 2.24) is 10.2 Å². The quantitative estimate of drug-likeness (QED) is 0.786. The molecule has 19 heavy (non-hydrogen) atoms. The number of carbonyl (C=O) groups is 1. The highest BCUT2D eigenvalue weighted by molar-refractivity contribution is 5.85. The summed E-state index contributed by atoms with van der Waals surface area (Å²) in [5.41, 5.74) is -0.0174. The number of fused-ring (bicyclic) bond motifs is 3. The minimum absolute atomic E-state index is 0.0174. The van der Waals surface area contributed by atoms with Crippen molar-refractivity contribution < 1.29 is 4.79 Å². The summed E-state index contributed by atoms with van der Waals surface area (Å²) >= 11 is 0. The van der Waals surface area contributed by atoms with Crippen LogP contribution in [0.5, 0.6) is 0 Å². The van der Waals surface area contributed by atoms with E-state index in [0.717, 1.165) is 19.5 Å². The van der Waals surface area contributed by atoms with E-state index in [1.807, 2.05) is 0 Å². The SMILES string of the molecule is O=C(N1C2CCCC1CC2)[C@@]12CCCC[C@H]1CNC2. The van der Waals surface area contributed by atoms with Crippen LogP contribution in [-0.2, 0) is 4.79 Å². The molecule has 0 aromatic carbocycles. The fraction of sp³-hybridized carbons (Fsp3) is 0.938. The Balaban J connectivity index is 1.62. The molecule has 0 spiro atoms. The first-order valence-electron chi connectivity index (χ1n) is 8.35. The summed E-state index contributed by atoms with van der Waals surface area (Å²) in [5.74, 6) is 1.16. The highest BCUT2D eigenvalue weighted by Gasteiger charge is 2.54. The second-order valence-corrected chi connectivity index (χ2v) is 7.26. The van der Waals surface area contributed by atoms with Gasteiger partial charge in [-0.15, -0.1) is 0 Å². The van der Waals surface area contributed by atoms with Crippen LogP contribution in [0.15, 0.2) is 0 Å². The van der Waals surface area contributed by atoms with Crippen molar-refractivity contribution in [2.75, 3.05) is 13.1 Å². The third-order valence-corrected chi connectivity index (χ3v) is 6.39. The van der Waals surface area contributed by atoms with E-state index in [2.05, 4.69) is 10.2 Å². The Hall–Kier alpha value is -0.570. The summed E-state index contributed by atoms with van der Waals surface area (Å²) < 4.78 is 0. The first kappa shape index (κ1) is 12.2. The molecule has 3 saturated heterocycles. The highest BCUT2D eigenvalue weighted by atomic mass is 16.2. The van der Waals surface area contributed by atoms with E-state index in [1.54, 1.807) is 0 Å². The second-order valence-electron chi connectivity index (χ2n) is 7.26. The Morgan fingerprint density at radius 2 is 1.79 bits per heavy atom. The van der Waals surface area contributed by atoms with Crippen molar-refractivity contribution in [3.05, 3.63) is 0 Å². The maximum absolute atomic E-state index is 13.3. The van der Waals surface area contributed by atoms with Gasteiger partial charge in [-0.2, -0.15) is 0 Å². The number of hydrogen-bond acceptors (Lipinski definition) is 2. The van der Waals surface area contributed by atoms with Crippen molar-refractivity contribution in [1.29, 1.82) is 0 Å². The van der Waals surface area contributed by atoms with Gasteiger partial charge < -0.3 is 10.2 Å². The predicted octanol–water partition coefficient (Wildman–Crippen LogP) is 2.31. The molecule has 3 heteroatoms. The molecule has 3 nitrogen and oxygen atoms in total. The van der Waals surface area contributed by atoms with E-state index < -0.39 is 0 Å². The lowest BCUT2D eigenvalue weighted by Crippen LogP contribution is -2.54. The summed E-state index contributed by atoms with van der Waals surface area (Å²) in [5, 5.41) is 3.53. The molecule has 2 unspecified atom stereocenters. The molecule has 3 heterocycles. The third kappa shape index (κ3) is 1.70. The van der Waals surface area contributed by atoms with E-state index in [-0.39, 0.29) is 5.41 Å². The molecule has 2 bridgehead atoms. The van der Waals surface area contributed by atoms with Gasteiger partial charge in [0.15, 0.2) is 0 Å². The van der Waals surface area contributed by atoms with E-state index in [1.165, 1.54) is 51.4 Å². The van der Waals surface area contributed by atoms with Gasteiger partial charge in [0.1, 0.15) is 0 Å². The summed E-state index contributed by atoms with van der Waals surface area (Å²) in [4.78, 5) is 15.7. The van der Waals surface area contributed by atoms with Crippen LogP contribution in [0.2, 0.25) is 0 Å². The smallest absolute Gasteiger partial charge is 0.230 e. The molecule has 3 aliphatic heterocycles. The molecule has 4 atom stereocenters. The van der Waals surface area contributed by atoms with Crippen molar-refractivity contribution >= 4 is 5.91 Å². The zero-order valence-electron chi connectivity index (χ0n) is 11.9. The Kier molecular flexibility index (Phi) is 2.87. The van der Waals surface area contributed by atoms with Gasteiger partial charge in [0.2, 0.25) is 5.91 Å². The van der Waals surface area contributed by atoms with Crippen LogP contribution in [0, 0.1) is 11.3 Å². The fourth-order valence-electron chi connectivity index (χ4n) is 5.37. The topological polar surface area (TPSA) is 32.3 Å². The molecule has 0 radical (unpaired) electrons. The molecular weight excluding hydrogens is 236 g/mol. The molecular formula is C16H26N2O. The minimum Gasteiger partial charge on any atom is -0.336 e. The molecule has 0 aromatic heterocycles. The Bertz CT molecular complexity index is 367. The van der Waals surface area contributed by atoms with Crippen molar-refractivity contribution in [2.24, 2.45) is 11.3 Å². The van der Waals surface area contributed by atoms with Crippen LogP contribution in [-0.4, -0.2) is 36.0 Å². The van der Waals surface area contributed by atoms with Crippen LogP contribution < -0.4 is 5.32 Å². The van der Waals surface area contributed by atoms with Gasteiger partial charge >= 0.3 is 0 Å². The lowest BCUT2D eigenvalue weighted by molar-refractivity contribution is -0.150. The average molecular weight is 262 g/mol. The Labute approximate surface area is 116 Å².